The van der Waals surface area contributed by atoms with E-state index in [1.807, 2.05) is 0 Å². The van der Waals surface area contributed by atoms with E-state index in [-0.39, 0.29) is 5.54 Å². The predicted molar refractivity (Wildman–Crippen MR) is 88.1 cm³/mol. The van der Waals surface area contributed by atoms with Gasteiger partial charge in [0.05, 0.1) is 16.9 Å². The molecule has 1 aromatic carbocycles. The summed E-state index contributed by atoms with van der Waals surface area (Å²) in [5.74, 6) is 0. The molecule has 114 valence electrons. The Labute approximate surface area is 127 Å². The van der Waals surface area contributed by atoms with Crippen molar-refractivity contribution in [1.82, 2.24) is 4.90 Å². The average molecular weight is 286 g/mol. The number of anilines is 2. The summed E-state index contributed by atoms with van der Waals surface area (Å²) < 4.78 is 0. The number of rotatable bonds is 3. The molecule has 0 spiro atoms. The van der Waals surface area contributed by atoms with E-state index in [9.17, 15) is 0 Å². The van der Waals surface area contributed by atoms with Crippen LogP contribution in [0.4, 0.5) is 11.4 Å². The Hall–Kier alpha value is -1.26. The Morgan fingerprint density at radius 3 is 2.62 bits per heavy atom. The molecule has 1 unspecified atom stereocenters. The molecule has 1 atom stereocenters. The highest BCUT2D eigenvalue weighted by Gasteiger charge is 2.47. The van der Waals surface area contributed by atoms with Crippen molar-refractivity contribution in [2.75, 3.05) is 49.6 Å². The van der Waals surface area contributed by atoms with Gasteiger partial charge in [-0.25, -0.2) is 0 Å². The van der Waals surface area contributed by atoms with E-state index < -0.39 is 0 Å². The van der Waals surface area contributed by atoms with Gasteiger partial charge in [-0.2, -0.15) is 0 Å². The van der Waals surface area contributed by atoms with Crippen LogP contribution >= 0.6 is 0 Å². The number of likely N-dealkylation sites (tertiary alicyclic amines) is 1. The SMILES string of the molecule is CN1CCN(C2(CN)CCN(C3CC3)C2)c2ccccc21. The second kappa shape index (κ2) is 4.89. The van der Waals surface area contributed by atoms with Gasteiger partial charge in [0.15, 0.2) is 0 Å². The van der Waals surface area contributed by atoms with Gasteiger partial charge >= 0.3 is 0 Å². The summed E-state index contributed by atoms with van der Waals surface area (Å²) >= 11 is 0. The van der Waals surface area contributed by atoms with Crippen LogP contribution in [-0.2, 0) is 0 Å². The number of hydrogen-bond acceptors (Lipinski definition) is 4. The number of benzene rings is 1. The van der Waals surface area contributed by atoms with Crippen molar-refractivity contribution in [1.29, 1.82) is 0 Å². The van der Waals surface area contributed by atoms with Crippen molar-refractivity contribution in [3.8, 4) is 0 Å². The maximum atomic E-state index is 6.29. The maximum Gasteiger partial charge on any atom is 0.0664 e. The molecule has 1 saturated heterocycles. The number of likely N-dealkylation sites (N-methyl/N-ethyl adjacent to an activating group) is 1. The summed E-state index contributed by atoms with van der Waals surface area (Å²) in [6.07, 6.45) is 3.98. The topological polar surface area (TPSA) is 35.7 Å². The molecule has 2 heterocycles. The van der Waals surface area contributed by atoms with Crippen molar-refractivity contribution in [2.45, 2.75) is 30.8 Å². The van der Waals surface area contributed by atoms with Gasteiger partial charge < -0.3 is 15.5 Å². The Morgan fingerprint density at radius 2 is 1.90 bits per heavy atom. The van der Waals surface area contributed by atoms with E-state index >= 15 is 0 Å². The second-order valence-corrected chi connectivity index (χ2v) is 6.94. The highest BCUT2D eigenvalue weighted by molar-refractivity contribution is 5.74. The summed E-state index contributed by atoms with van der Waals surface area (Å²) in [6.45, 7) is 5.29. The van der Waals surface area contributed by atoms with E-state index in [2.05, 4.69) is 46.0 Å². The van der Waals surface area contributed by atoms with E-state index in [4.69, 9.17) is 5.73 Å². The van der Waals surface area contributed by atoms with Crippen molar-refractivity contribution in [3.05, 3.63) is 24.3 Å². The lowest BCUT2D eigenvalue weighted by Crippen LogP contribution is -2.59. The number of fused-ring (bicyclic) bond motifs is 1. The first-order chi connectivity index (χ1) is 10.2. The van der Waals surface area contributed by atoms with Crippen LogP contribution in [0, 0.1) is 0 Å². The van der Waals surface area contributed by atoms with E-state index in [1.54, 1.807) is 0 Å². The van der Waals surface area contributed by atoms with E-state index in [1.165, 1.54) is 37.2 Å². The first-order valence-corrected chi connectivity index (χ1v) is 8.25. The molecule has 4 rings (SSSR count). The van der Waals surface area contributed by atoms with Crippen molar-refractivity contribution < 1.29 is 0 Å². The molecule has 4 nitrogen and oxygen atoms in total. The second-order valence-electron chi connectivity index (χ2n) is 6.94. The van der Waals surface area contributed by atoms with Gasteiger partial charge in [-0.3, -0.25) is 4.90 Å². The van der Waals surface area contributed by atoms with Gasteiger partial charge in [0.1, 0.15) is 0 Å². The Morgan fingerprint density at radius 1 is 1.14 bits per heavy atom. The lowest BCUT2D eigenvalue weighted by Gasteiger charge is -2.47. The highest BCUT2D eigenvalue weighted by Crippen LogP contribution is 2.41. The van der Waals surface area contributed by atoms with Crippen molar-refractivity contribution >= 4 is 11.4 Å². The monoisotopic (exact) mass is 286 g/mol. The van der Waals surface area contributed by atoms with Gasteiger partial charge in [0, 0.05) is 45.8 Å². The minimum absolute atomic E-state index is 0.139. The van der Waals surface area contributed by atoms with Crippen LogP contribution in [0.15, 0.2) is 24.3 Å². The lowest BCUT2D eigenvalue weighted by atomic mass is 9.93. The zero-order chi connectivity index (χ0) is 14.4. The zero-order valence-electron chi connectivity index (χ0n) is 13.0. The molecule has 2 aliphatic heterocycles. The summed E-state index contributed by atoms with van der Waals surface area (Å²) in [6, 6.07) is 9.64. The molecule has 0 radical (unpaired) electrons. The van der Waals surface area contributed by atoms with Crippen LogP contribution < -0.4 is 15.5 Å². The van der Waals surface area contributed by atoms with Crippen LogP contribution in [0.2, 0.25) is 0 Å². The third-order valence-corrected chi connectivity index (χ3v) is 5.62. The van der Waals surface area contributed by atoms with Crippen LogP contribution in [0.5, 0.6) is 0 Å². The van der Waals surface area contributed by atoms with E-state index in [0.29, 0.717) is 0 Å². The molecule has 1 aliphatic carbocycles. The fraction of sp³-hybridized carbons (Fsp3) is 0.647. The minimum atomic E-state index is 0.139. The van der Waals surface area contributed by atoms with Gasteiger partial charge in [-0.1, -0.05) is 12.1 Å². The fourth-order valence-corrected chi connectivity index (χ4v) is 4.14. The number of nitrogens with zero attached hydrogens (tertiary/aromatic N) is 3. The molecule has 1 aromatic rings. The molecular formula is C17H26N4. The smallest absolute Gasteiger partial charge is 0.0664 e. The highest BCUT2D eigenvalue weighted by atomic mass is 15.4. The molecule has 0 aromatic heterocycles. The summed E-state index contributed by atoms with van der Waals surface area (Å²) in [7, 11) is 2.19. The zero-order valence-corrected chi connectivity index (χ0v) is 13.0. The molecule has 21 heavy (non-hydrogen) atoms. The Kier molecular flexibility index (Phi) is 3.12. The third-order valence-electron chi connectivity index (χ3n) is 5.62. The molecule has 1 saturated carbocycles. The number of para-hydroxylation sites is 2. The molecule has 0 bridgehead atoms. The van der Waals surface area contributed by atoms with Crippen molar-refractivity contribution in [3.63, 3.8) is 0 Å². The summed E-state index contributed by atoms with van der Waals surface area (Å²) in [5, 5.41) is 0. The van der Waals surface area contributed by atoms with Gasteiger partial charge in [0.2, 0.25) is 0 Å². The minimum Gasteiger partial charge on any atom is -0.371 e. The Balaban J connectivity index is 1.67. The van der Waals surface area contributed by atoms with E-state index in [0.717, 1.165) is 32.2 Å². The molecule has 2 N–H and O–H groups in total. The average Bonchev–Trinajstić information content (AvgIpc) is 3.28. The van der Waals surface area contributed by atoms with Gasteiger partial charge in [0.25, 0.3) is 0 Å². The normalized spacial score (nSPS) is 29.8. The van der Waals surface area contributed by atoms with Crippen LogP contribution in [-0.4, -0.2) is 56.3 Å². The molecule has 0 amide bonds. The number of hydrogen-bond donors (Lipinski definition) is 1. The van der Waals surface area contributed by atoms with Crippen molar-refractivity contribution in [2.24, 2.45) is 5.73 Å². The summed E-state index contributed by atoms with van der Waals surface area (Å²) in [5.41, 5.74) is 9.15. The van der Waals surface area contributed by atoms with Crippen LogP contribution in [0.3, 0.4) is 0 Å². The summed E-state index contributed by atoms with van der Waals surface area (Å²) in [4.78, 5) is 7.65. The van der Waals surface area contributed by atoms with Gasteiger partial charge in [-0.15, -0.1) is 0 Å². The predicted octanol–water partition coefficient (Wildman–Crippen LogP) is 1.51. The first-order valence-electron chi connectivity index (χ1n) is 8.25. The molecule has 3 aliphatic rings. The Bertz CT molecular complexity index is 527. The fourth-order valence-electron chi connectivity index (χ4n) is 4.14. The first kappa shape index (κ1) is 13.4. The standard InChI is InChI=1S/C17H26N4/c1-19-10-11-21(16-5-3-2-4-15(16)19)17(12-18)8-9-20(13-17)14-6-7-14/h2-5,14H,6-13,18H2,1H3. The maximum absolute atomic E-state index is 6.29. The van der Waals surface area contributed by atoms with Crippen LogP contribution in [0.25, 0.3) is 0 Å². The molecular weight excluding hydrogens is 260 g/mol. The van der Waals surface area contributed by atoms with Crippen LogP contribution in [0.1, 0.15) is 19.3 Å². The molecule has 4 heteroatoms. The van der Waals surface area contributed by atoms with Gasteiger partial charge in [-0.05, 0) is 31.4 Å². The quantitative estimate of drug-likeness (QED) is 0.913. The lowest BCUT2D eigenvalue weighted by molar-refractivity contribution is 0.295. The largest absolute Gasteiger partial charge is 0.371 e. The third kappa shape index (κ3) is 2.12. The molecule has 2 fully saturated rings. The number of nitrogens with two attached hydrogens (primary N) is 1.